The lowest BCUT2D eigenvalue weighted by atomic mass is 9.79. The number of hydrogen-bond donors (Lipinski definition) is 0. The first-order valence-corrected chi connectivity index (χ1v) is 10.8. The SMILES string of the molecule is Cc1ccc2c(c1N1C=CN(C)C1)-c1ccccc1-c1ccccc1-c1ccccc1-2. The smallest absolute Gasteiger partial charge is 0.0939 e. The van der Waals surface area contributed by atoms with E-state index in [-0.39, 0.29) is 0 Å². The van der Waals surface area contributed by atoms with E-state index in [2.05, 4.69) is 121 Å². The van der Waals surface area contributed by atoms with Crippen molar-refractivity contribution in [2.24, 2.45) is 0 Å². The van der Waals surface area contributed by atoms with Gasteiger partial charge in [0.15, 0.2) is 0 Å². The summed E-state index contributed by atoms with van der Waals surface area (Å²) in [4.78, 5) is 4.60. The minimum absolute atomic E-state index is 0.859. The molecule has 4 aromatic rings. The summed E-state index contributed by atoms with van der Waals surface area (Å²) in [6, 6.07) is 31.1. The van der Waals surface area contributed by atoms with Crippen LogP contribution in [-0.2, 0) is 0 Å². The maximum atomic E-state index is 2.38. The second-order valence-corrected chi connectivity index (χ2v) is 8.46. The molecule has 4 aromatic carbocycles. The third kappa shape index (κ3) is 2.72. The summed E-state index contributed by atoms with van der Waals surface area (Å²) in [5.41, 5.74) is 12.9. The average molecular weight is 401 g/mol. The van der Waals surface area contributed by atoms with Crippen molar-refractivity contribution in [3.63, 3.8) is 0 Å². The Bertz CT molecular complexity index is 1340. The van der Waals surface area contributed by atoms with Gasteiger partial charge in [0.1, 0.15) is 0 Å². The highest BCUT2D eigenvalue weighted by molar-refractivity contribution is 6.06. The van der Waals surface area contributed by atoms with E-state index < -0.39 is 0 Å². The van der Waals surface area contributed by atoms with Crippen LogP contribution < -0.4 is 4.90 Å². The third-order valence-corrected chi connectivity index (χ3v) is 6.46. The molecule has 150 valence electrons. The van der Waals surface area contributed by atoms with Crippen LogP contribution in [0.2, 0.25) is 0 Å². The van der Waals surface area contributed by atoms with E-state index in [0.717, 1.165) is 6.67 Å². The lowest BCUT2D eigenvalue weighted by Gasteiger charge is -2.29. The molecule has 0 fully saturated rings. The van der Waals surface area contributed by atoms with Crippen molar-refractivity contribution in [3.05, 3.63) is 103 Å². The molecule has 1 aliphatic carbocycles. The monoisotopic (exact) mass is 400 g/mol. The van der Waals surface area contributed by atoms with Crippen molar-refractivity contribution in [2.45, 2.75) is 6.92 Å². The van der Waals surface area contributed by atoms with Gasteiger partial charge in [-0.25, -0.2) is 0 Å². The summed E-state index contributed by atoms with van der Waals surface area (Å²) in [5, 5.41) is 0. The summed E-state index contributed by atoms with van der Waals surface area (Å²) < 4.78 is 0. The highest BCUT2D eigenvalue weighted by atomic mass is 15.3. The van der Waals surface area contributed by atoms with Crippen LogP contribution in [0.5, 0.6) is 0 Å². The van der Waals surface area contributed by atoms with E-state index in [4.69, 9.17) is 0 Å². The minimum Gasteiger partial charge on any atom is -0.361 e. The number of fused-ring (bicyclic) bond motifs is 8. The maximum absolute atomic E-state index is 2.38. The Morgan fingerprint density at radius 1 is 0.548 bits per heavy atom. The number of rotatable bonds is 1. The Labute approximate surface area is 183 Å². The molecule has 0 radical (unpaired) electrons. The van der Waals surface area contributed by atoms with Gasteiger partial charge >= 0.3 is 0 Å². The topological polar surface area (TPSA) is 6.48 Å². The van der Waals surface area contributed by atoms with E-state index in [1.165, 1.54) is 55.8 Å². The predicted molar refractivity (Wildman–Crippen MR) is 131 cm³/mol. The Morgan fingerprint density at radius 2 is 1.03 bits per heavy atom. The second-order valence-electron chi connectivity index (χ2n) is 8.46. The van der Waals surface area contributed by atoms with E-state index in [9.17, 15) is 0 Å². The second kappa shape index (κ2) is 6.88. The van der Waals surface area contributed by atoms with Gasteiger partial charge in [-0.2, -0.15) is 0 Å². The standard InChI is InChI=1S/C29H24N2/c1-20-15-16-27-25-13-6-5-11-23(25)21-9-3-4-10-22(21)24-12-7-8-14-26(24)28(27)29(20)31-18-17-30(2)19-31/h3-18H,19H2,1-2H3. The van der Waals surface area contributed by atoms with Crippen molar-refractivity contribution in [1.29, 1.82) is 0 Å². The van der Waals surface area contributed by atoms with Crippen LogP contribution in [0.25, 0.3) is 44.5 Å². The largest absolute Gasteiger partial charge is 0.361 e. The number of anilines is 1. The van der Waals surface area contributed by atoms with Gasteiger partial charge in [0.25, 0.3) is 0 Å². The summed E-state index contributed by atoms with van der Waals surface area (Å²) >= 11 is 0. The van der Waals surface area contributed by atoms with E-state index in [1.54, 1.807) is 0 Å². The molecular formula is C29H24N2. The molecule has 2 nitrogen and oxygen atoms in total. The summed E-state index contributed by atoms with van der Waals surface area (Å²) in [5.74, 6) is 0. The van der Waals surface area contributed by atoms with Gasteiger partial charge in [-0.1, -0.05) is 84.9 Å². The first kappa shape index (κ1) is 18.0. The summed E-state index contributed by atoms with van der Waals surface area (Å²) in [6.07, 6.45) is 4.35. The molecule has 6 rings (SSSR count). The van der Waals surface area contributed by atoms with Crippen LogP contribution >= 0.6 is 0 Å². The molecule has 1 aliphatic heterocycles. The lowest BCUT2D eigenvalue weighted by Crippen LogP contribution is -2.23. The van der Waals surface area contributed by atoms with Gasteiger partial charge in [-0.15, -0.1) is 0 Å². The molecule has 0 atom stereocenters. The highest BCUT2D eigenvalue weighted by Crippen LogP contribution is 2.51. The Morgan fingerprint density at radius 3 is 1.55 bits per heavy atom. The zero-order chi connectivity index (χ0) is 20.9. The first-order chi connectivity index (χ1) is 15.2. The highest BCUT2D eigenvalue weighted by Gasteiger charge is 2.26. The molecule has 0 amide bonds. The van der Waals surface area contributed by atoms with Gasteiger partial charge in [-0.3, -0.25) is 0 Å². The van der Waals surface area contributed by atoms with Crippen molar-refractivity contribution >= 4 is 5.69 Å². The van der Waals surface area contributed by atoms with Gasteiger partial charge < -0.3 is 9.80 Å². The van der Waals surface area contributed by atoms with Gasteiger partial charge in [-0.05, 0) is 51.4 Å². The number of benzene rings is 4. The van der Waals surface area contributed by atoms with Gasteiger partial charge in [0.2, 0.25) is 0 Å². The van der Waals surface area contributed by atoms with Crippen molar-refractivity contribution in [2.75, 3.05) is 18.6 Å². The molecule has 2 aliphatic rings. The average Bonchev–Trinajstić information content (AvgIpc) is 3.24. The van der Waals surface area contributed by atoms with Crippen molar-refractivity contribution in [1.82, 2.24) is 4.90 Å². The van der Waals surface area contributed by atoms with E-state index in [0.29, 0.717) is 0 Å². The number of hydrogen-bond acceptors (Lipinski definition) is 2. The molecule has 0 aromatic heterocycles. The van der Waals surface area contributed by atoms with Crippen molar-refractivity contribution < 1.29 is 0 Å². The molecule has 0 unspecified atom stereocenters. The molecule has 31 heavy (non-hydrogen) atoms. The third-order valence-electron chi connectivity index (χ3n) is 6.46. The zero-order valence-electron chi connectivity index (χ0n) is 17.8. The molecule has 0 N–H and O–H groups in total. The minimum atomic E-state index is 0.859. The summed E-state index contributed by atoms with van der Waals surface area (Å²) in [7, 11) is 2.12. The van der Waals surface area contributed by atoms with Crippen LogP contribution in [0.15, 0.2) is 97.3 Å². The maximum Gasteiger partial charge on any atom is 0.0939 e. The van der Waals surface area contributed by atoms with Crippen LogP contribution in [0, 0.1) is 6.92 Å². The fourth-order valence-electron chi connectivity index (χ4n) is 5.08. The fraction of sp³-hybridized carbons (Fsp3) is 0.103. The van der Waals surface area contributed by atoms with E-state index in [1.807, 2.05) is 0 Å². The van der Waals surface area contributed by atoms with Crippen LogP contribution in [0.3, 0.4) is 0 Å². The van der Waals surface area contributed by atoms with E-state index >= 15 is 0 Å². The van der Waals surface area contributed by atoms with Gasteiger partial charge in [0, 0.05) is 25.0 Å². The van der Waals surface area contributed by atoms with Crippen LogP contribution in [0.1, 0.15) is 5.56 Å². The summed E-state index contributed by atoms with van der Waals surface area (Å²) in [6.45, 7) is 3.08. The number of nitrogens with zero attached hydrogens (tertiary/aromatic N) is 2. The molecular weight excluding hydrogens is 376 g/mol. The molecule has 0 bridgehead atoms. The zero-order valence-corrected chi connectivity index (χ0v) is 17.8. The lowest BCUT2D eigenvalue weighted by molar-refractivity contribution is 0.495. The molecule has 1 heterocycles. The molecule has 0 saturated heterocycles. The van der Waals surface area contributed by atoms with Crippen LogP contribution in [-0.4, -0.2) is 18.6 Å². The first-order valence-electron chi connectivity index (χ1n) is 10.8. The Balaban J connectivity index is 1.78. The quantitative estimate of drug-likeness (QED) is 0.295. The fourth-order valence-corrected chi connectivity index (χ4v) is 5.08. The number of aryl methyl sites for hydroxylation is 1. The van der Waals surface area contributed by atoms with Crippen LogP contribution in [0.4, 0.5) is 5.69 Å². The molecule has 2 heteroatoms. The predicted octanol–water partition coefficient (Wildman–Crippen LogP) is 7.16. The van der Waals surface area contributed by atoms with Gasteiger partial charge in [0.05, 0.1) is 12.4 Å². The van der Waals surface area contributed by atoms with Crippen molar-refractivity contribution in [3.8, 4) is 44.5 Å². The Hall–Kier alpha value is -3.78. The normalized spacial score (nSPS) is 13.7. The Kier molecular flexibility index (Phi) is 4.00. The molecule has 0 spiro atoms. The molecule has 0 saturated carbocycles.